The summed E-state index contributed by atoms with van der Waals surface area (Å²) in [5.74, 6) is -0.509. The van der Waals surface area contributed by atoms with Gasteiger partial charge >= 0.3 is 5.97 Å². The summed E-state index contributed by atoms with van der Waals surface area (Å²) in [6.45, 7) is 5.42. The fourth-order valence-corrected chi connectivity index (χ4v) is 3.90. The molecule has 0 fully saturated rings. The number of ether oxygens (including phenoxy) is 1. The van der Waals surface area contributed by atoms with E-state index in [9.17, 15) is 13.2 Å². The molecule has 24 heavy (non-hydrogen) atoms. The fourth-order valence-electron chi connectivity index (χ4n) is 2.39. The summed E-state index contributed by atoms with van der Waals surface area (Å²) >= 11 is 0. The zero-order chi connectivity index (χ0) is 17.7. The first-order valence-corrected chi connectivity index (χ1v) is 8.74. The molecule has 0 aliphatic rings. The molecule has 0 heterocycles. The molecule has 5 nitrogen and oxygen atoms in total. The smallest absolute Gasteiger partial charge is 0.338 e. The largest absolute Gasteiger partial charge is 0.465 e. The molecule has 6 heteroatoms. The highest BCUT2D eigenvalue weighted by Gasteiger charge is 2.26. The van der Waals surface area contributed by atoms with Crippen molar-refractivity contribution < 1.29 is 17.9 Å². The molecule has 0 amide bonds. The third-order valence-corrected chi connectivity index (χ3v) is 5.40. The van der Waals surface area contributed by atoms with Crippen LogP contribution in [-0.4, -0.2) is 28.0 Å². The Bertz CT molecular complexity index is 845. The number of sulfonamides is 1. The molecule has 0 saturated heterocycles. The minimum Gasteiger partial charge on any atom is -0.465 e. The van der Waals surface area contributed by atoms with Gasteiger partial charge in [-0.15, -0.1) is 6.58 Å². The topological polar surface area (TPSA) is 63.7 Å². The van der Waals surface area contributed by atoms with E-state index < -0.39 is 16.0 Å². The van der Waals surface area contributed by atoms with E-state index in [-0.39, 0.29) is 11.4 Å². The van der Waals surface area contributed by atoms with Gasteiger partial charge in [-0.2, -0.15) is 0 Å². The van der Waals surface area contributed by atoms with Crippen molar-refractivity contribution in [1.29, 1.82) is 0 Å². The van der Waals surface area contributed by atoms with Crippen LogP contribution in [0.25, 0.3) is 0 Å². The number of rotatable bonds is 6. The summed E-state index contributed by atoms with van der Waals surface area (Å²) in [7, 11) is -2.49. The zero-order valence-electron chi connectivity index (χ0n) is 13.6. The van der Waals surface area contributed by atoms with Crippen molar-refractivity contribution in [1.82, 2.24) is 0 Å². The van der Waals surface area contributed by atoms with Gasteiger partial charge in [0.1, 0.15) is 0 Å². The van der Waals surface area contributed by atoms with E-state index in [1.54, 1.807) is 43.3 Å². The van der Waals surface area contributed by atoms with E-state index in [1.165, 1.54) is 29.6 Å². The fraction of sp³-hybridized carbons (Fsp3) is 0.167. The standard InChI is InChI=1S/C18H19NO4S/c1-4-13-19(24(21,22)15-9-6-5-7-10-15)17-12-8-11-16(14(17)2)18(20)23-3/h4-12H,1,13H2,2-3H3. The summed E-state index contributed by atoms with van der Waals surface area (Å²) < 4.78 is 32.0. The molecule has 0 aliphatic heterocycles. The molecule has 0 aromatic heterocycles. The van der Waals surface area contributed by atoms with Gasteiger partial charge in [-0.05, 0) is 36.8 Å². The van der Waals surface area contributed by atoms with Gasteiger partial charge in [-0.1, -0.05) is 30.3 Å². The Labute approximate surface area is 142 Å². The van der Waals surface area contributed by atoms with Crippen LogP contribution in [0.15, 0.2) is 66.1 Å². The molecule has 0 unspecified atom stereocenters. The Morgan fingerprint density at radius 1 is 1.17 bits per heavy atom. The number of esters is 1. The lowest BCUT2D eigenvalue weighted by molar-refractivity contribution is 0.0600. The summed E-state index contributed by atoms with van der Waals surface area (Å²) in [5.41, 5.74) is 1.28. The first kappa shape index (κ1) is 17.7. The lowest BCUT2D eigenvalue weighted by atomic mass is 10.1. The minimum atomic E-state index is -3.78. The van der Waals surface area contributed by atoms with E-state index in [4.69, 9.17) is 4.74 Å². The number of benzene rings is 2. The first-order valence-electron chi connectivity index (χ1n) is 7.30. The van der Waals surface area contributed by atoms with Gasteiger partial charge in [0, 0.05) is 0 Å². The van der Waals surface area contributed by atoms with Crippen LogP contribution in [0, 0.1) is 6.92 Å². The number of anilines is 1. The molecule has 0 radical (unpaired) electrons. The van der Waals surface area contributed by atoms with Crippen LogP contribution in [-0.2, 0) is 14.8 Å². The molecule has 0 bridgehead atoms. The monoisotopic (exact) mass is 345 g/mol. The second-order valence-corrected chi connectivity index (χ2v) is 6.94. The average molecular weight is 345 g/mol. The summed E-state index contributed by atoms with van der Waals surface area (Å²) in [6, 6.07) is 13.0. The van der Waals surface area contributed by atoms with Crippen LogP contribution in [0.4, 0.5) is 5.69 Å². The van der Waals surface area contributed by atoms with Crippen molar-refractivity contribution in [3.63, 3.8) is 0 Å². The lowest BCUT2D eigenvalue weighted by Crippen LogP contribution is -2.32. The zero-order valence-corrected chi connectivity index (χ0v) is 14.4. The van der Waals surface area contributed by atoms with Gasteiger partial charge in [0.25, 0.3) is 10.0 Å². The highest BCUT2D eigenvalue weighted by atomic mass is 32.2. The van der Waals surface area contributed by atoms with Gasteiger partial charge in [0.05, 0.1) is 29.8 Å². The maximum Gasteiger partial charge on any atom is 0.338 e. The van der Waals surface area contributed by atoms with E-state index in [1.807, 2.05) is 0 Å². The van der Waals surface area contributed by atoms with Crippen LogP contribution in [0.3, 0.4) is 0 Å². The Kier molecular flexibility index (Phi) is 5.41. The number of methoxy groups -OCH3 is 1. The van der Waals surface area contributed by atoms with Crippen molar-refractivity contribution >= 4 is 21.7 Å². The molecule has 2 rings (SSSR count). The number of hydrogen-bond donors (Lipinski definition) is 0. The van der Waals surface area contributed by atoms with Crippen molar-refractivity contribution in [2.24, 2.45) is 0 Å². The van der Waals surface area contributed by atoms with Gasteiger partial charge in [0.2, 0.25) is 0 Å². The number of nitrogens with zero attached hydrogens (tertiary/aromatic N) is 1. The van der Waals surface area contributed by atoms with E-state index in [0.717, 1.165) is 0 Å². The molecular weight excluding hydrogens is 326 g/mol. The predicted octanol–water partition coefficient (Wildman–Crippen LogP) is 3.16. The average Bonchev–Trinajstić information content (AvgIpc) is 2.60. The highest BCUT2D eigenvalue weighted by molar-refractivity contribution is 7.92. The molecule has 2 aromatic carbocycles. The van der Waals surface area contributed by atoms with Crippen molar-refractivity contribution in [2.75, 3.05) is 18.0 Å². The number of carbonyl (C=O) groups is 1. The van der Waals surface area contributed by atoms with E-state index >= 15 is 0 Å². The quantitative estimate of drug-likeness (QED) is 0.596. The Morgan fingerprint density at radius 2 is 1.83 bits per heavy atom. The van der Waals surface area contributed by atoms with Crippen molar-refractivity contribution in [2.45, 2.75) is 11.8 Å². The SMILES string of the molecule is C=CCN(c1cccc(C(=O)OC)c1C)S(=O)(=O)c1ccccc1. The maximum atomic E-state index is 13.0. The first-order chi connectivity index (χ1) is 11.4. The Balaban J connectivity index is 2.61. The molecule has 0 spiro atoms. The van der Waals surface area contributed by atoms with Crippen LogP contribution in [0.5, 0.6) is 0 Å². The Morgan fingerprint density at radius 3 is 2.42 bits per heavy atom. The molecule has 0 aliphatic carbocycles. The third-order valence-electron chi connectivity index (χ3n) is 3.61. The molecule has 0 N–H and O–H groups in total. The highest BCUT2D eigenvalue weighted by Crippen LogP contribution is 2.29. The molecular formula is C18H19NO4S. The molecule has 0 saturated carbocycles. The van der Waals surface area contributed by atoms with Crippen LogP contribution in [0.2, 0.25) is 0 Å². The van der Waals surface area contributed by atoms with Gasteiger partial charge in [-0.3, -0.25) is 4.31 Å². The number of hydrogen-bond acceptors (Lipinski definition) is 4. The van der Waals surface area contributed by atoms with E-state index in [2.05, 4.69) is 6.58 Å². The summed E-state index contributed by atoms with van der Waals surface area (Å²) in [6.07, 6.45) is 1.50. The lowest BCUT2D eigenvalue weighted by Gasteiger charge is -2.25. The van der Waals surface area contributed by atoms with Gasteiger partial charge in [0.15, 0.2) is 0 Å². The normalized spacial score (nSPS) is 10.9. The van der Waals surface area contributed by atoms with Gasteiger partial charge < -0.3 is 4.74 Å². The van der Waals surface area contributed by atoms with Crippen molar-refractivity contribution in [3.8, 4) is 0 Å². The predicted molar refractivity (Wildman–Crippen MR) is 93.7 cm³/mol. The van der Waals surface area contributed by atoms with Crippen LogP contribution < -0.4 is 4.31 Å². The number of carbonyl (C=O) groups excluding carboxylic acids is 1. The molecule has 126 valence electrons. The second-order valence-electron chi connectivity index (χ2n) is 5.08. The maximum absolute atomic E-state index is 13.0. The van der Waals surface area contributed by atoms with Crippen LogP contribution >= 0.6 is 0 Å². The van der Waals surface area contributed by atoms with Gasteiger partial charge in [-0.25, -0.2) is 13.2 Å². The molecule has 0 atom stereocenters. The minimum absolute atomic E-state index is 0.0860. The molecule has 2 aromatic rings. The summed E-state index contributed by atoms with van der Waals surface area (Å²) in [4.78, 5) is 12.1. The van der Waals surface area contributed by atoms with Crippen molar-refractivity contribution in [3.05, 3.63) is 72.3 Å². The van der Waals surface area contributed by atoms with Crippen LogP contribution in [0.1, 0.15) is 15.9 Å². The Hall–Kier alpha value is -2.60. The third kappa shape index (κ3) is 3.33. The second kappa shape index (κ2) is 7.31. The summed E-state index contributed by atoms with van der Waals surface area (Å²) in [5, 5.41) is 0. The van der Waals surface area contributed by atoms with E-state index in [0.29, 0.717) is 16.8 Å².